The van der Waals surface area contributed by atoms with E-state index in [9.17, 15) is 28.6 Å². The number of halogens is 1. The first-order chi connectivity index (χ1) is 15.5. The molecule has 2 aliphatic rings. The molecule has 1 aromatic heterocycles. The van der Waals surface area contributed by atoms with Crippen molar-refractivity contribution < 1.29 is 60.6 Å². The van der Waals surface area contributed by atoms with Gasteiger partial charge in [-0.3, -0.25) is 9.09 Å². The molecule has 1 aromatic rings. The molecule has 0 aliphatic carbocycles. The number of anilines is 1. The SMILES string of the molecule is C=C[C@]1(COP(=O)(O)OP(=O)(O)OP(=O)(O)O)O[C@@H](n2cnc3c2NC(N)=NC3N)[C@H](F)[C@@H]1O. The average molecular weight is 552 g/mol. The average Bonchev–Trinajstić information content (AvgIpc) is 3.18. The molecule has 34 heavy (non-hydrogen) atoms. The zero-order valence-electron chi connectivity index (χ0n) is 16.7. The number of rotatable bonds is 9. The molecule has 0 amide bonds. The van der Waals surface area contributed by atoms with Crippen molar-refractivity contribution in [2.45, 2.75) is 30.3 Å². The van der Waals surface area contributed by atoms with Crippen molar-refractivity contribution in [3.8, 4) is 0 Å². The second-order valence-corrected chi connectivity index (χ2v) is 11.3. The van der Waals surface area contributed by atoms with Gasteiger partial charge in [-0.25, -0.2) is 28.1 Å². The van der Waals surface area contributed by atoms with Crippen molar-refractivity contribution in [1.29, 1.82) is 0 Å². The summed E-state index contributed by atoms with van der Waals surface area (Å²) in [7, 11) is -17.0. The Labute approximate surface area is 189 Å². The lowest BCUT2D eigenvalue weighted by Gasteiger charge is -2.29. The van der Waals surface area contributed by atoms with Gasteiger partial charge in [0, 0.05) is 0 Å². The molecule has 7 atom stereocenters. The van der Waals surface area contributed by atoms with Crippen molar-refractivity contribution in [3.63, 3.8) is 0 Å². The fourth-order valence-electron chi connectivity index (χ4n) is 3.11. The summed E-state index contributed by atoms with van der Waals surface area (Å²) in [6.07, 6.45) is -4.93. The molecular formula is C12H20FN6O12P3. The summed E-state index contributed by atoms with van der Waals surface area (Å²) in [6, 6.07) is 0. The number of phosphoric ester groups is 1. The molecule has 0 bridgehead atoms. The molecule has 3 heterocycles. The second-order valence-electron chi connectivity index (χ2n) is 6.89. The fraction of sp³-hybridized carbons (Fsp3) is 0.500. The summed E-state index contributed by atoms with van der Waals surface area (Å²) in [5.74, 6) is -0.0223. The Morgan fingerprint density at radius 2 is 1.94 bits per heavy atom. The largest absolute Gasteiger partial charge is 0.490 e. The zero-order chi connectivity index (χ0) is 25.7. The number of aliphatic imine (C=N–C) groups is 1. The number of aliphatic hydroxyl groups excluding tert-OH is 1. The quantitative estimate of drug-likeness (QED) is 0.136. The van der Waals surface area contributed by atoms with Gasteiger partial charge in [0.25, 0.3) is 0 Å². The maximum atomic E-state index is 15.1. The van der Waals surface area contributed by atoms with Gasteiger partial charge in [-0.2, -0.15) is 8.62 Å². The zero-order valence-corrected chi connectivity index (χ0v) is 19.4. The summed E-state index contributed by atoms with van der Waals surface area (Å²) in [6.45, 7) is 2.20. The van der Waals surface area contributed by atoms with Crippen LogP contribution in [0.25, 0.3) is 0 Å². The Balaban J connectivity index is 1.79. The summed E-state index contributed by atoms with van der Waals surface area (Å²) < 4.78 is 67.5. The van der Waals surface area contributed by atoms with Crippen molar-refractivity contribution in [1.82, 2.24) is 9.55 Å². The highest BCUT2D eigenvalue weighted by Crippen LogP contribution is 2.66. The Morgan fingerprint density at radius 3 is 2.53 bits per heavy atom. The number of nitrogens with two attached hydrogens (primary N) is 2. The molecular weight excluding hydrogens is 532 g/mol. The van der Waals surface area contributed by atoms with Crippen LogP contribution in [0.5, 0.6) is 0 Å². The summed E-state index contributed by atoms with van der Waals surface area (Å²) in [5.41, 5.74) is 9.36. The number of nitrogens with zero attached hydrogens (tertiary/aromatic N) is 3. The van der Waals surface area contributed by atoms with Gasteiger partial charge in [0.2, 0.25) is 0 Å². The predicted octanol–water partition coefficient (Wildman–Crippen LogP) is -0.923. The van der Waals surface area contributed by atoms with Gasteiger partial charge in [0.15, 0.2) is 18.4 Å². The minimum atomic E-state index is -5.79. The Hall–Kier alpha value is -1.56. The van der Waals surface area contributed by atoms with E-state index in [2.05, 4.69) is 35.0 Å². The van der Waals surface area contributed by atoms with Crippen LogP contribution in [0.1, 0.15) is 18.1 Å². The van der Waals surface area contributed by atoms with E-state index in [4.69, 9.17) is 26.0 Å². The lowest BCUT2D eigenvalue weighted by molar-refractivity contribution is -0.0947. The smallest absolute Gasteiger partial charge is 0.386 e. The number of imidazole rings is 1. The van der Waals surface area contributed by atoms with Gasteiger partial charge in [-0.15, -0.1) is 6.58 Å². The number of alkyl halides is 1. The summed E-state index contributed by atoms with van der Waals surface area (Å²) >= 11 is 0. The number of fused-ring (bicyclic) bond motifs is 1. The van der Waals surface area contributed by atoms with Gasteiger partial charge in [0.1, 0.15) is 29.4 Å². The number of hydrogen-bond donors (Lipinski definition) is 8. The van der Waals surface area contributed by atoms with E-state index in [1.807, 2.05) is 0 Å². The van der Waals surface area contributed by atoms with Gasteiger partial charge < -0.3 is 46.2 Å². The van der Waals surface area contributed by atoms with Crippen molar-refractivity contribution in [3.05, 3.63) is 24.7 Å². The van der Waals surface area contributed by atoms with E-state index in [0.717, 1.165) is 17.0 Å². The number of aliphatic hydroxyl groups is 1. The summed E-state index contributed by atoms with van der Waals surface area (Å²) in [5, 5.41) is 13.1. The topological polar surface area (TPSA) is 284 Å². The minimum absolute atomic E-state index is 0.0904. The van der Waals surface area contributed by atoms with Crippen LogP contribution in [0.3, 0.4) is 0 Å². The fourth-order valence-corrected chi connectivity index (χ4v) is 6.17. The third-order valence-corrected chi connectivity index (χ3v) is 8.31. The Kier molecular flexibility index (Phi) is 7.27. The molecule has 0 saturated carbocycles. The molecule has 3 rings (SSSR count). The van der Waals surface area contributed by atoms with E-state index in [-0.39, 0.29) is 17.5 Å². The molecule has 22 heteroatoms. The van der Waals surface area contributed by atoms with Crippen LogP contribution >= 0.6 is 23.5 Å². The molecule has 1 saturated heterocycles. The predicted molar refractivity (Wildman–Crippen MR) is 108 cm³/mol. The number of aromatic nitrogens is 2. The van der Waals surface area contributed by atoms with Crippen LogP contribution in [0.2, 0.25) is 0 Å². The third-order valence-electron chi connectivity index (χ3n) is 4.53. The van der Waals surface area contributed by atoms with Crippen LogP contribution < -0.4 is 16.8 Å². The molecule has 3 unspecified atom stereocenters. The Bertz CT molecular complexity index is 1140. The maximum Gasteiger partial charge on any atom is 0.490 e. The number of nitrogens with one attached hydrogen (secondary N) is 1. The monoisotopic (exact) mass is 552 g/mol. The molecule has 1 fully saturated rings. The first-order valence-corrected chi connectivity index (χ1v) is 13.4. The van der Waals surface area contributed by atoms with Crippen molar-refractivity contribution >= 4 is 35.2 Å². The molecule has 0 spiro atoms. The first-order valence-electron chi connectivity index (χ1n) is 8.84. The highest BCUT2D eigenvalue weighted by atomic mass is 31.3. The van der Waals surface area contributed by atoms with Gasteiger partial charge in [-0.1, -0.05) is 6.08 Å². The standard InChI is InChI=1S/C12H20FN6O12P3/c1-2-12(3-28-33(24,25)31-34(26,27)30-32(21,22)23)7(20)5(13)10(29-12)19-4-16-6-8(14)17-11(15)18-9(6)19/h2,4-5,7-8,10,20H,1,3,14H2,(H,24,25)(H,26,27)(H3,15,17,18)(H2,21,22,23)/t5-,7+,8?,10-,12-/m1/s1. The van der Waals surface area contributed by atoms with E-state index >= 15 is 4.39 Å². The molecule has 0 aromatic carbocycles. The molecule has 18 nitrogen and oxygen atoms in total. The normalized spacial score (nSPS) is 32.7. The Morgan fingerprint density at radius 1 is 1.29 bits per heavy atom. The van der Waals surface area contributed by atoms with Crippen molar-refractivity contribution in [2.75, 3.05) is 11.9 Å². The van der Waals surface area contributed by atoms with Crippen LogP contribution in [0.4, 0.5) is 10.2 Å². The lowest BCUT2D eigenvalue weighted by atomic mass is 9.97. The van der Waals surface area contributed by atoms with Crippen LogP contribution in [-0.4, -0.2) is 64.7 Å². The molecule has 192 valence electrons. The molecule has 10 N–H and O–H groups in total. The van der Waals surface area contributed by atoms with Gasteiger partial charge in [-0.05, 0) is 0 Å². The number of guanidine groups is 1. The lowest BCUT2D eigenvalue weighted by Crippen LogP contribution is -2.44. The number of phosphoric acid groups is 3. The maximum absolute atomic E-state index is 15.1. The van der Waals surface area contributed by atoms with Crippen LogP contribution in [-0.2, 0) is 31.6 Å². The first kappa shape index (κ1) is 27.0. The summed E-state index contributed by atoms with van der Waals surface area (Å²) in [4.78, 5) is 43.8. The molecule has 2 aliphatic heterocycles. The molecule has 0 radical (unpaired) electrons. The highest BCUT2D eigenvalue weighted by Gasteiger charge is 2.56. The number of hydrogen-bond acceptors (Lipinski definition) is 13. The van der Waals surface area contributed by atoms with Gasteiger partial charge in [0.05, 0.1) is 12.9 Å². The highest BCUT2D eigenvalue weighted by molar-refractivity contribution is 7.66. The van der Waals surface area contributed by atoms with E-state index in [1.165, 1.54) is 0 Å². The van der Waals surface area contributed by atoms with Gasteiger partial charge >= 0.3 is 23.5 Å². The van der Waals surface area contributed by atoms with Crippen molar-refractivity contribution in [2.24, 2.45) is 16.5 Å². The van der Waals surface area contributed by atoms with E-state index in [0.29, 0.717) is 0 Å². The van der Waals surface area contributed by atoms with E-state index < -0.39 is 60.3 Å². The van der Waals surface area contributed by atoms with Crippen LogP contribution in [0.15, 0.2) is 24.0 Å². The third kappa shape index (κ3) is 5.63. The minimum Gasteiger partial charge on any atom is -0.386 e. The van der Waals surface area contributed by atoms with E-state index in [1.54, 1.807) is 0 Å². The van der Waals surface area contributed by atoms with Crippen LogP contribution in [0, 0.1) is 0 Å². The number of ether oxygens (including phenoxy) is 1. The second kappa shape index (κ2) is 9.15.